The van der Waals surface area contributed by atoms with E-state index in [9.17, 15) is 9.59 Å². The summed E-state index contributed by atoms with van der Waals surface area (Å²) in [6.45, 7) is 11.2. The van der Waals surface area contributed by atoms with Gasteiger partial charge < -0.3 is 18.8 Å². The molecule has 1 aliphatic carbocycles. The Morgan fingerprint density at radius 1 is 1.12 bits per heavy atom. The molecule has 3 aromatic heterocycles. The van der Waals surface area contributed by atoms with E-state index in [1.165, 1.54) is 16.8 Å². The van der Waals surface area contributed by atoms with Crippen LogP contribution in [0.25, 0.3) is 21.9 Å². The van der Waals surface area contributed by atoms with Crippen LogP contribution in [-0.4, -0.2) is 68.6 Å². The molecule has 4 aromatic rings. The highest BCUT2D eigenvalue weighted by Gasteiger charge is 2.27. The van der Waals surface area contributed by atoms with E-state index in [-0.39, 0.29) is 17.3 Å². The lowest BCUT2D eigenvalue weighted by molar-refractivity contribution is -0.104. The normalized spacial score (nSPS) is 19.5. The molecule has 0 N–H and O–H groups in total. The van der Waals surface area contributed by atoms with Gasteiger partial charge in [0.25, 0.3) is 5.56 Å². The van der Waals surface area contributed by atoms with Gasteiger partial charge in [-0.2, -0.15) is 0 Å². The van der Waals surface area contributed by atoms with Crippen LogP contribution >= 0.6 is 0 Å². The lowest BCUT2D eigenvalue weighted by atomic mass is 9.89. The van der Waals surface area contributed by atoms with Gasteiger partial charge in [-0.05, 0) is 92.7 Å². The Hall–Kier alpha value is -4.25. The molecule has 6 rings (SSSR count). The van der Waals surface area contributed by atoms with E-state index in [0.29, 0.717) is 12.0 Å². The summed E-state index contributed by atoms with van der Waals surface area (Å²) in [5, 5.41) is 1.51. The van der Waals surface area contributed by atoms with Crippen molar-refractivity contribution >= 4 is 17.1 Å². The molecule has 2 atom stereocenters. The number of aldehydes is 1. The monoisotopic (exact) mass is 695 g/mol. The second kappa shape index (κ2) is 16.0. The van der Waals surface area contributed by atoms with Crippen molar-refractivity contribution in [1.29, 1.82) is 0 Å². The molecule has 1 saturated heterocycles. The molecule has 0 bridgehead atoms. The molecule has 10 nitrogen and oxygen atoms in total. The maximum atomic E-state index is 12.8. The number of unbranched alkanes of at least 4 members (excludes halogenated alkanes) is 2. The van der Waals surface area contributed by atoms with Gasteiger partial charge in [0.2, 0.25) is 0 Å². The van der Waals surface area contributed by atoms with Crippen LogP contribution in [0.1, 0.15) is 69.7 Å². The van der Waals surface area contributed by atoms with Gasteiger partial charge in [0.1, 0.15) is 12.0 Å². The van der Waals surface area contributed by atoms with E-state index in [2.05, 4.69) is 64.5 Å². The number of hydrogen-bond donors (Lipinski definition) is 0. The number of benzene rings is 1. The van der Waals surface area contributed by atoms with Crippen LogP contribution in [0.3, 0.4) is 0 Å². The van der Waals surface area contributed by atoms with Crippen molar-refractivity contribution in [1.82, 2.24) is 23.8 Å². The molecular weight excluding hydrogens is 642 g/mol. The summed E-state index contributed by atoms with van der Waals surface area (Å²) in [6, 6.07) is 6.27. The molecule has 4 heterocycles. The smallest absolute Gasteiger partial charge is 0.259 e. The van der Waals surface area contributed by atoms with Gasteiger partial charge in [-0.15, -0.1) is 0 Å². The van der Waals surface area contributed by atoms with E-state index in [1.54, 1.807) is 31.1 Å². The fourth-order valence-electron chi connectivity index (χ4n) is 7.55. The number of pyridine rings is 2. The number of fused-ring (bicyclic) bond motifs is 1. The molecule has 51 heavy (non-hydrogen) atoms. The van der Waals surface area contributed by atoms with E-state index >= 15 is 0 Å². The molecule has 272 valence electrons. The lowest BCUT2D eigenvalue weighted by Crippen LogP contribution is -2.29. The molecule has 0 amide bonds. The van der Waals surface area contributed by atoms with Crippen molar-refractivity contribution in [2.45, 2.75) is 90.7 Å². The predicted octanol–water partition coefficient (Wildman–Crippen LogP) is 6.52. The number of rotatable bonds is 16. The fraction of sp³-hybridized carbons (Fsp3) is 0.488. The Bertz CT molecular complexity index is 1960. The van der Waals surface area contributed by atoms with Crippen LogP contribution < -0.4 is 10.3 Å². The third-order valence-corrected chi connectivity index (χ3v) is 10.7. The van der Waals surface area contributed by atoms with Gasteiger partial charge in [0.15, 0.2) is 0 Å². The zero-order valence-corrected chi connectivity index (χ0v) is 31.1. The highest BCUT2D eigenvalue weighted by Crippen LogP contribution is 2.35. The molecule has 10 heteroatoms. The van der Waals surface area contributed by atoms with Crippen molar-refractivity contribution in [2.24, 2.45) is 14.1 Å². The number of aryl methyl sites for hydroxylation is 3. The first-order chi connectivity index (χ1) is 24.6. The van der Waals surface area contributed by atoms with Gasteiger partial charge in [0, 0.05) is 88.4 Å². The van der Waals surface area contributed by atoms with Crippen molar-refractivity contribution in [3.05, 3.63) is 93.5 Å². The second-order valence-electron chi connectivity index (χ2n) is 14.3. The van der Waals surface area contributed by atoms with Crippen LogP contribution in [0, 0.1) is 0 Å². The zero-order valence-electron chi connectivity index (χ0n) is 31.1. The number of carbonyl (C=O) groups excluding carboxylic acids is 1. The summed E-state index contributed by atoms with van der Waals surface area (Å²) in [4.78, 5) is 30.6. The molecule has 1 aromatic carbocycles. The summed E-state index contributed by atoms with van der Waals surface area (Å²) in [5.41, 5.74) is 7.10. The van der Waals surface area contributed by atoms with Crippen LogP contribution in [0.5, 0.6) is 5.75 Å². The summed E-state index contributed by atoms with van der Waals surface area (Å²) in [5.74, 6) is 0.871. The number of ether oxygens (including phenoxy) is 3. The van der Waals surface area contributed by atoms with Crippen LogP contribution in [-0.2, 0) is 54.5 Å². The Labute approximate surface area is 301 Å². The van der Waals surface area contributed by atoms with E-state index in [0.717, 1.165) is 111 Å². The van der Waals surface area contributed by atoms with Crippen molar-refractivity contribution in [3.63, 3.8) is 0 Å². The molecular formula is C41H53N5O5. The quantitative estimate of drug-likeness (QED) is 0.0974. The first kappa shape index (κ1) is 36.5. The largest absolute Gasteiger partial charge is 0.496 e. The Kier molecular flexibility index (Phi) is 11.4. The number of aromatic nitrogens is 4. The molecule has 2 aliphatic rings. The number of methoxy groups -OCH3 is 1. The van der Waals surface area contributed by atoms with Crippen LogP contribution in [0.2, 0.25) is 0 Å². The predicted molar refractivity (Wildman–Crippen MR) is 201 cm³/mol. The summed E-state index contributed by atoms with van der Waals surface area (Å²) >= 11 is 0. The average Bonchev–Trinajstić information content (AvgIpc) is 3.58. The minimum Gasteiger partial charge on any atom is -0.496 e. The van der Waals surface area contributed by atoms with Crippen LogP contribution in [0.4, 0.5) is 0 Å². The molecule has 0 saturated carbocycles. The van der Waals surface area contributed by atoms with E-state index in [1.807, 2.05) is 25.3 Å². The second-order valence-corrected chi connectivity index (χ2v) is 14.3. The topological polar surface area (TPSA) is 92.8 Å². The van der Waals surface area contributed by atoms with Gasteiger partial charge in [-0.1, -0.05) is 19.1 Å². The average molecular weight is 696 g/mol. The van der Waals surface area contributed by atoms with Gasteiger partial charge in [-0.25, -0.2) is 0 Å². The van der Waals surface area contributed by atoms with E-state index in [4.69, 9.17) is 14.2 Å². The van der Waals surface area contributed by atoms with Gasteiger partial charge >= 0.3 is 0 Å². The van der Waals surface area contributed by atoms with Gasteiger partial charge in [-0.3, -0.25) is 28.8 Å². The maximum absolute atomic E-state index is 12.8. The number of likely N-dealkylation sites (tertiary alicyclic amines) is 1. The van der Waals surface area contributed by atoms with Crippen molar-refractivity contribution in [2.75, 3.05) is 26.8 Å². The maximum Gasteiger partial charge on any atom is 0.259 e. The zero-order chi connectivity index (χ0) is 36.1. The third-order valence-electron chi connectivity index (χ3n) is 10.7. The number of hydrogen-bond acceptors (Lipinski definition) is 7. The Morgan fingerprint density at radius 3 is 2.71 bits per heavy atom. The highest BCUT2D eigenvalue weighted by molar-refractivity contribution is 5.95. The minimum atomic E-state index is -0.319. The Morgan fingerprint density at radius 2 is 1.96 bits per heavy atom. The van der Waals surface area contributed by atoms with E-state index < -0.39 is 0 Å². The molecule has 0 radical (unpaired) electrons. The molecule has 1 aliphatic heterocycles. The van der Waals surface area contributed by atoms with Crippen molar-refractivity contribution in [3.8, 4) is 16.9 Å². The van der Waals surface area contributed by atoms with Crippen LogP contribution in [0.15, 0.2) is 71.1 Å². The molecule has 0 spiro atoms. The Balaban J connectivity index is 0.972. The fourth-order valence-corrected chi connectivity index (χ4v) is 7.55. The first-order valence-corrected chi connectivity index (χ1v) is 18.3. The van der Waals surface area contributed by atoms with Gasteiger partial charge in [0.05, 0.1) is 36.5 Å². The first-order valence-electron chi connectivity index (χ1n) is 18.3. The lowest BCUT2D eigenvalue weighted by Gasteiger charge is -2.29. The summed E-state index contributed by atoms with van der Waals surface area (Å²) in [6.07, 6.45) is 18.5. The third kappa shape index (κ3) is 8.14. The SMILES string of the molecule is CCc1cc(-c2cn(C)c(=O)c3cnccc23)cc(OC)c1CN1CCC(OCc2cn(CCCCCOC3(C)C=C(C)C(C=O)=CC3)n2C)C1. The minimum absolute atomic E-state index is 0.0505. The van der Waals surface area contributed by atoms with Crippen molar-refractivity contribution < 1.29 is 19.0 Å². The number of carbonyl (C=O) groups is 1. The highest BCUT2D eigenvalue weighted by atomic mass is 16.5. The number of nitrogens with zero attached hydrogens (tertiary/aromatic N) is 5. The molecule has 2 unspecified atom stereocenters. The summed E-state index contributed by atoms with van der Waals surface area (Å²) in [7, 11) is 5.64. The number of allylic oxidation sites excluding steroid dienone is 2. The summed E-state index contributed by atoms with van der Waals surface area (Å²) < 4.78 is 24.7. The molecule has 1 fully saturated rings. The standard InChI is InChI=1S/C41H53N5O5/c1-7-30-19-32(37-25-43(4)40(48)36-22-42-15-12-35(36)37)20-39(49-6)38(30)26-45-17-13-34(24-45)50-28-33-23-46(44(33)5)16-9-8-10-18-51-41(3)14-11-31(27-47)29(2)21-41/h11-12,15,19-23,25,27,34H,7-10,13-14,16-18,24,26,28H2,1-6H3.